The molecule has 3 aromatic carbocycles. The van der Waals surface area contributed by atoms with Gasteiger partial charge in [-0.3, -0.25) is 4.98 Å². The van der Waals surface area contributed by atoms with Gasteiger partial charge in [0.25, 0.3) is 0 Å². The third kappa shape index (κ3) is 1.99. The molecule has 5 nitrogen and oxygen atoms in total. The molecule has 0 amide bonds. The SMILES string of the molecule is Cc1cccc(C)c1-c1c[n+]2c3c4c5c(ccc4c4cnccc4n13)Oc1cccc3c1C52[n+]1ccccc1-3. The summed E-state index contributed by atoms with van der Waals surface area (Å²) in [7, 11) is 0. The average Bonchev–Trinajstić information content (AvgIpc) is 3.59. The van der Waals surface area contributed by atoms with Crippen LogP contribution >= 0.6 is 0 Å². The molecule has 0 saturated heterocycles. The summed E-state index contributed by atoms with van der Waals surface area (Å²) < 4.78 is 14.1. The highest BCUT2D eigenvalue weighted by Crippen LogP contribution is 2.57. The maximum absolute atomic E-state index is 6.70. The van der Waals surface area contributed by atoms with Gasteiger partial charge in [0.15, 0.2) is 11.9 Å². The van der Waals surface area contributed by atoms with Gasteiger partial charge in [-0.25, -0.2) is 0 Å². The zero-order valence-electron chi connectivity index (χ0n) is 21.4. The van der Waals surface area contributed by atoms with Crippen molar-refractivity contribution in [2.45, 2.75) is 19.5 Å². The van der Waals surface area contributed by atoms with E-state index in [0.717, 1.165) is 22.4 Å². The Morgan fingerprint density at radius 1 is 0.795 bits per heavy atom. The molecule has 3 aliphatic rings. The van der Waals surface area contributed by atoms with Gasteiger partial charge in [-0.2, -0.15) is 8.97 Å². The highest BCUT2D eigenvalue weighted by Gasteiger charge is 2.68. The molecule has 1 spiro atoms. The normalized spacial score (nSPS) is 17.3. The summed E-state index contributed by atoms with van der Waals surface area (Å²) in [6.45, 7) is 4.43. The Labute approximate surface area is 223 Å². The highest BCUT2D eigenvalue weighted by atomic mass is 16.5. The number of fused-ring (bicyclic) bond motifs is 5. The van der Waals surface area contributed by atoms with E-state index in [1.807, 2.05) is 12.4 Å². The lowest BCUT2D eigenvalue weighted by Gasteiger charge is -2.27. The minimum atomic E-state index is -0.581. The van der Waals surface area contributed by atoms with Crippen LogP contribution in [0.1, 0.15) is 22.3 Å². The van der Waals surface area contributed by atoms with Crippen molar-refractivity contribution in [3.05, 3.63) is 120 Å². The van der Waals surface area contributed by atoms with Crippen LogP contribution in [0.4, 0.5) is 0 Å². The number of aromatic nitrogens is 4. The van der Waals surface area contributed by atoms with Gasteiger partial charge in [-0.15, -0.1) is 4.57 Å². The van der Waals surface area contributed by atoms with Crippen LogP contribution < -0.4 is 13.9 Å². The molecule has 0 saturated carbocycles. The Balaban J connectivity index is 1.54. The first kappa shape index (κ1) is 20.0. The van der Waals surface area contributed by atoms with E-state index in [1.54, 1.807) is 0 Å². The highest BCUT2D eigenvalue weighted by molar-refractivity contribution is 6.14. The predicted octanol–water partition coefficient (Wildman–Crippen LogP) is 6.20. The molecule has 0 fully saturated rings. The minimum Gasteiger partial charge on any atom is -0.456 e. The summed E-state index contributed by atoms with van der Waals surface area (Å²) in [5.74, 6) is 1.83. The molecular weight excluding hydrogens is 480 g/mol. The van der Waals surface area contributed by atoms with Crippen molar-refractivity contribution < 1.29 is 13.9 Å². The third-order valence-corrected chi connectivity index (χ3v) is 9.17. The monoisotopic (exact) mass is 502 g/mol. The van der Waals surface area contributed by atoms with Crippen molar-refractivity contribution in [2.75, 3.05) is 0 Å². The van der Waals surface area contributed by atoms with Crippen LogP contribution in [0.5, 0.6) is 11.5 Å². The van der Waals surface area contributed by atoms with E-state index in [1.165, 1.54) is 61.2 Å². The second-order valence-electron chi connectivity index (χ2n) is 11.0. The van der Waals surface area contributed by atoms with Gasteiger partial charge in [0.2, 0.25) is 5.69 Å². The largest absolute Gasteiger partial charge is 0.456 e. The van der Waals surface area contributed by atoms with E-state index in [0.29, 0.717) is 0 Å². The van der Waals surface area contributed by atoms with Gasteiger partial charge >= 0.3 is 11.3 Å². The number of rotatable bonds is 1. The van der Waals surface area contributed by atoms with Crippen molar-refractivity contribution in [3.8, 4) is 34.0 Å². The zero-order valence-corrected chi connectivity index (χ0v) is 21.4. The molecule has 7 heterocycles. The Kier molecular flexibility index (Phi) is 3.25. The number of hydrogen-bond acceptors (Lipinski definition) is 2. The van der Waals surface area contributed by atoms with Crippen molar-refractivity contribution in [1.29, 1.82) is 0 Å². The summed E-state index contributed by atoms with van der Waals surface area (Å²) >= 11 is 0. The average molecular weight is 503 g/mol. The van der Waals surface area contributed by atoms with Crippen LogP contribution in [0, 0.1) is 13.8 Å². The standard InChI is InChI=1S/C34H22N4O/c1-19-7-5-8-20(2)29(19)26-18-37-33-30-21(23-17-35-15-14-25(23)38(26)33)12-13-28-32(30)34(37)31-22(9-6-11-27(31)39-28)24-10-3-4-16-36(24)34/h3-18H,1-2H3/q+2. The Morgan fingerprint density at radius 2 is 1.64 bits per heavy atom. The molecule has 0 N–H and O–H groups in total. The topological polar surface area (TPSA) is 34.3 Å². The number of imidazole rings is 1. The number of benzene rings is 3. The molecule has 10 rings (SSSR count). The van der Waals surface area contributed by atoms with Crippen LogP contribution in [0.2, 0.25) is 0 Å². The summed E-state index contributed by atoms with van der Waals surface area (Å²) in [5, 5.41) is 3.58. The molecule has 0 bridgehead atoms. The molecule has 1 atom stereocenters. The van der Waals surface area contributed by atoms with Gasteiger partial charge in [0.1, 0.15) is 34.3 Å². The van der Waals surface area contributed by atoms with Crippen LogP contribution in [-0.4, -0.2) is 9.38 Å². The number of ether oxygens (including phenoxy) is 1. The van der Waals surface area contributed by atoms with Gasteiger partial charge in [-0.05, 0) is 55.3 Å². The first-order valence-corrected chi connectivity index (χ1v) is 13.4. The lowest BCUT2D eigenvalue weighted by Crippen LogP contribution is -2.71. The predicted molar refractivity (Wildman–Crippen MR) is 149 cm³/mol. The van der Waals surface area contributed by atoms with Gasteiger partial charge < -0.3 is 4.74 Å². The van der Waals surface area contributed by atoms with E-state index in [4.69, 9.17) is 4.74 Å². The molecule has 1 unspecified atom stereocenters. The molecule has 3 aliphatic heterocycles. The smallest absolute Gasteiger partial charge is 0.371 e. The first-order chi connectivity index (χ1) is 19.2. The summed E-state index contributed by atoms with van der Waals surface area (Å²) in [5.41, 5.74) is 11.6. The summed E-state index contributed by atoms with van der Waals surface area (Å²) in [6.07, 6.45) is 8.53. The summed E-state index contributed by atoms with van der Waals surface area (Å²) in [6, 6.07) is 26.1. The Hall–Kier alpha value is -5.03. The summed E-state index contributed by atoms with van der Waals surface area (Å²) in [4.78, 5) is 4.58. The minimum absolute atomic E-state index is 0.581. The van der Waals surface area contributed by atoms with Gasteiger partial charge in [-0.1, -0.05) is 24.3 Å². The molecule has 0 radical (unpaired) electrons. The van der Waals surface area contributed by atoms with Gasteiger partial charge in [0.05, 0.1) is 10.9 Å². The molecular formula is C34H22N4O+2. The van der Waals surface area contributed by atoms with Crippen molar-refractivity contribution >= 4 is 27.3 Å². The fourth-order valence-corrected chi connectivity index (χ4v) is 7.82. The molecule has 7 aromatic rings. The Bertz CT molecular complexity index is 2280. The van der Waals surface area contributed by atoms with Crippen molar-refractivity contribution in [2.24, 2.45) is 0 Å². The van der Waals surface area contributed by atoms with E-state index in [9.17, 15) is 0 Å². The van der Waals surface area contributed by atoms with Crippen LogP contribution in [0.15, 0.2) is 97.6 Å². The molecule has 4 aromatic heterocycles. The van der Waals surface area contributed by atoms with E-state index >= 15 is 0 Å². The van der Waals surface area contributed by atoms with Crippen molar-refractivity contribution in [1.82, 2.24) is 9.38 Å². The van der Waals surface area contributed by atoms with Gasteiger partial charge in [0, 0.05) is 46.9 Å². The number of pyridine rings is 3. The van der Waals surface area contributed by atoms with E-state index in [2.05, 4.69) is 118 Å². The zero-order chi connectivity index (χ0) is 25.6. The first-order valence-electron chi connectivity index (χ1n) is 13.4. The number of nitrogens with zero attached hydrogens (tertiary/aromatic N) is 4. The second-order valence-corrected chi connectivity index (χ2v) is 11.0. The number of aryl methyl sites for hydroxylation is 2. The molecule has 5 heteroatoms. The van der Waals surface area contributed by atoms with Crippen LogP contribution in [-0.2, 0) is 5.66 Å². The third-order valence-electron chi connectivity index (χ3n) is 9.17. The second kappa shape index (κ2) is 6.33. The maximum Gasteiger partial charge on any atom is 0.371 e. The molecule has 0 aliphatic carbocycles. The quantitative estimate of drug-likeness (QED) is 0.198. The lowest BCUT2D eigenvalue weighted by molar-refractivity contribution is -0.950. The lowest BCUT2D eigenvalue weighted by atomic mass is 9.85. The van der Waals surface area contributed by atoms with E-state index in [-0.39, 0.29) is 0 Å². The molecule has 182 valence electrons. The fraction of sp³-hybridized carbons (Fsp3) is 0.0882. The Morgan fingerprint density at radius 3 is 2.54 bits per heavy atom. The number of hydrogen-bond donors (Lipinski definition) is 0. The molecule has 39 heavy (non-hydrogen) atoms. The van der Waals surface area contributed by atoms with Crippen molar-refractivity contribution in [3.63, 3.8) is 0 Å². The van der Waals surface area contributed by atoms with Crippen LogP contribution in [0.25, 0.3) is 49.8 Å². The van der Waals surface area contributed by atoms with E-state index < -0.39 is 5.66 Å². The van der Waals surface area contributed by atoms with Crippen LogP contribution in [0.3, 0.4) is 0 Å². The maximum atomic E-state index is 6.70. The fourth-order valence-electron chi connectivity index (χ4n) is 7.82.